The third kappa shape index (κ3) is 4.53. The molecule has 0 unspecified atom stereocenters. The Hall–Kier alpha value is -2.03. The van der Waals surface area contributed by atoms with Crippen LogP contribution in [0, 0.1) is 6.92 Å². The van der Waals surface area contributed by atoms with Crippen LogP contribution in [0.15, 0.2) is 40.7 Å². The maximum Gasteiger partial charge on any atom is 0.266 e. The summed E-state index contributed by atoms with van der Waals surface area (Å²) in [7, 11) is 0. The molecule has 128 valence electrons. The van der Waals surface area contributed by atoms with Gasteiger partial charge in [0.2, 0.25) is 5.91 Å². The Morgan fingerprint density at radius 1 is 1.36 bits per heavy atom. The van der Waals surface area contributed by atoms with Crippen LogP contribution in [0.1, 0.15) is 17.5 Å². The van der Waals surface area contributed by atoms with E-state index in [9.17, 15) is 9.59 Å². The molecule has 0 atom stereocenters. The molecule has 1 aromatic carbocycles. The lowest BCUT2D eigenvalue weighted by atomic mass is 10.1. The fourth-order valence-electron chi connectivity index (χ4n) is 2.19. The molecule has 0 aliphatic carbocycles. The maximum atomic E-state index is 12.5. The average molecular weight is 390 g/mol. The SMILES string of the molecule is Cc1ccc(/C=C2\SC(=S)N(CCC(=O)Nc3nccs3)C2=O)cc1. The number of nitrogens with one attached hydrogen (secondary N) is 1. The number of hydrogen-bond acceptors (Lipinski definition) is 6. The van der Waals surface area contributed by atoms with Gasteiger partial charge in [-0.05, 0) is 18.6 Å². The normalized spacial score (nSPS) is 15.9. The van der Waals surface area contributed by atoms with Crippen molar-refractivity contribution in [2.24, 2.45) is 0 Å². The number of thiazole rings is 1. The van der Waals surface area contributed by atoms with Crippen LogP contribution < -0.4 is 5.32 Å². The van der Waals surface area contributed by atoms with E-state index in [1.807, 2.05) is 37.3 Å². The smallest absolute Gasteiger partial charge is 0.266 e. The van der Waals surface area contributed by atoms with Crippen LogP contribution in [-0.4, -0.2) is 32.6 Å². The van der Waals surface area contributed by atoms with Crippen LogP contribution in [0.2, 0.25) is 0 Å². The molecule has 1 saturated heterocycles. The van der Waals surface area contributed by atoms with Gasteiger partial charge in [0.25, 0.3) is 5.91 Å². The number of carbonyl (C=O) groups is 2. The molecular formula is C17H15N3O2S3. The van der Waals surface area contributed by atoms with Gasteiger partial charge in [-0.15, -0.1) is 11.3 Å². The fourth-order valence-corrected chi connectivity index (χ4v) is 4.04. The molecule has 2 heterocycles. The minimum atomic E-state index is -0.188. The van der Waals surface area contributed by atoms with Crippen LogP contribution in [0.3, 0.4) is 0 Å². The molecule has 0 radical (unpaired) electrons. The Labute approximate surface area is 159 Å². The van der Waals surface area contributed by atoms with E-state index in [2.05, 4.69) is 10.3 Å². The summed E-state index contributed by atoms with van der Waals surface area (Å²) in [6, 6.07) is 7.91. The molecular weight excluding hydrogens is 374 g/mol. The lowest BCUT2D eigenvalue weighted by molar-refractivity contribution is -0.122. The highest BCUT2D eigenvalue weighted by molar-refractivity contribution is 8.26. The number of benzene rings is 1. The zero-order valence-corrected chi connectivity index (χ0v) is 15.8. The Morgan fingerprint density at radius 2 is 2.12 bits per heavy atom. The van der Waals surface area contributed by atoms with Gasteiger partial charge in [-0.3, -0.25) is 14.5 Å². The van der Waals surface area contributed by atoms with E-state index < -0.39 is 0 Å². The van der Waals surface area contributed by atoms with Crippen molar-refractivity contribution in [1.29, 1.82) is 0 Å². The molecule has 1 aromatic heterocycles. The number of carbonyl (C=O) groups excluding carboxylic acids is 2. The first-order valence-electron chi connectivity index (χ1n) is 7.54. The summed E-state index contributed by atoms with van der Waals surface area (Å²) >= 11 is 7.90. The van der Waals surface area contributed by atoms with Crippen LogP contribution >= 0.6 is 35.3 Å². The minimum absolute atomic E-state index is 0.155. The molecule has 3 rings (SSSR count). The Bertz CT molecular complexity index is 829. The van der Waals surface area contributed by atoms with Gasteiger partial charge >= 0.3 is 0 Å². The van der Waals surface area contributed by atoms with Crippen molar-refractivity contribution >= 4 is 62.7 Å². The molecule has 1 aliphatic heterocycles. The number of nitrogens with zero attached hydrogens (tertiary/aromatic N) is 2. The average Bonchev–Trinajstić information content (AvgIpc) is 3.17. The van der Waals surface area contributed by atoms with Crippen molar-refractivity contribution in [2.45, 2.75) is 13.3 Å². The molecule has 0 saturated carbocycles. The first-order valence-corrected chi connectivity index (χ1v) is 9.65. The number of anilines is 1. The maximum absolute atomic E-state index is 12.5. The number of amides is 2. The van der Waals surface area contributed by atoms with Crippen molar-refractivity contribution < 1.29 is 9.59 Å². The monoisotopic (exact) mass is 389 g/mol. The predicted molar refractivity (Wildman–Crippen MR) is 106 cm³/mol. The number of aromatic nitrogens is 1. The molecule has 2 aromatic rings. The van der Waals surface area contributed by atoms with Crippen molar-refractivity contribution in [3.05, 3.63) is 51.9 Å². The van der Waals surface area contributed by atoms with Gasteiger partial charge in [0.1, 0.15) is 4.32 Å². The van der Waals surface area contributed by atoms with Gasteiger partial charge in [0, 0.05) is 24.5 Å². The lowest BCUT2D eigenvalue weighted by Crippen LogP contribution is -2.31. The van der Waals surface area contributed by atoms with Crippen LogP contribution in [-0.2, 0) is 9.59 Å². The summed E-state index contributed by atoms with van der Waals surface area (Å²) in [5, 5.41) is 5.03. The second-order valence-electron chi connectivity index (χ2n) is 5.38. The summed E-state index contributed by atoms with van der Waals surface area (Å²) in [4.78, 5) is 30.5. The summed E-state index contributed by atoms with van der Waals surface area (Å²) in [5.74, 6) is -0.343. The zero-order valence-electron chi connectivity index (χ0n) is 13.4. The highest BCUT2D eigenvalue weighted by Gasteiger charge is 2.32. The molecule has 1 fully saturated rings. The number of rotatable bonds is 5. The van der Waals surface area contributed by atoms with Gasteiger partial charge in [0.15, 0.2) is 5.13 Å². The van der Waals surface area contributed by atoms with Gasteiger partial charge in [-0.2, -0.15) is 0 Å². The number of hydrogen-bond donors (Lipinski definition) is 1. The first kappa shape index (κ1) is 17.8. The van der Waals surface area contributed by atoms with Gasteiger partial charge in [0.05, 0.1) is 4.91 Å². The first-order chi connectivity index (χ1) is 12.0. The van der Waals surface area contributed by atoms with E-state index in [0.717, 1.165) is 11.1 Å². The van der Waals surface area contributed by atoms with E-state index in [1.54, 1.807) is 11.6 Å². The molecule has 0 spiro atoms. The molecule has 1 N–H and O–H groups in total. The van der Waals surface area contributed by atoms with E-state index in [4.69, 9.17) is 12.2 Å². The summed E-state index contributed by atoms with van der Waals surface area (Å²) in [6.45, 7) is 2.27. The second-order valence-corrected chi connectivity index (χ2v) is 7.95. The molecule has 5 nitrogen and oxygen atoms in total. The van der Waals surface area contributed by atoms with E-state index in [-0.39, 0.29) is 24.8 Å². The number of aryl methyl sites for hydroxylation is 1. The van der Waals surface area contributed by atoms with Crippen LogP contribution in [0.5, 0.6) is 0 Å². The molecule has 2 amide bonds. The van der Waals surface area contributed by atoms with Crippen molar-refractivity contribution in [1.82, 2.24) is 9.88 Å². The van der Waals surface area contributed by atoms with Gasteiger partial charge in [-0.1, -0.05) is 53.8 Å². The summed E-state index contributed by atoms with van der Waals surface area (Å²) in [5.41, 5.74) is 2.11. The van der Waals surface area contributed by atoms with Gasteiger partial charge < -0.3 is 5.32 Å². The number of thiocarbonyl (C=S) groups is 1. The van der Waals surface area contributed by atoms with Crippen molar-refractivity contribution in [3.63, 3.8) is 0 Å². The van der Waals surface area contributed by atoms with Gasteiger partial charge in [-0.25, -0.2) is 4.98 Å². The fraction of sp³-hybridized carbons (Fsp3) is 0.176. The quantitative estimate of drug-likeness (QED) is 0.624. The zero-order chi connectivity index (χ0) is 17.8. The highest BCUT2D eigenvalue weighted by atomic mass is 32.2. The lowest BCUT2D eigenvalue weighted by Gasteiger charge is -2.13. The Kier molecular flexibility index (Phi) is 5.62. The summed E-state index contributed by atoms with van der Waals surface area (Å²) in [6.07, 6.45) is 3.62. The van der Waals surface area contributed by atoms with Crippen LogP contribution in [0.25, 0.3) is 6.08 Å². The van der Waals surface area contributed by atoms with Crippen LogP contribution in [0.4, 0.5) is 5.13 Å². The topological polar surface area (TPSA) is 62.3 Å². The minimum Gasteiger partial charge on any atom is -0.302 e. The highest BCUT2D eigenvalue weighted by Crippen LogP contribution is 2.32. The molecule has 1 aliphatic rings. The van der Waals surface area contributed by atoms with Crippen molar-refractivity contribution in [2.75, 3.05) is 11.9 Å². The van der Waals surface area contributed by atoms with E-state index in [0.29, 0.717) is 14.4 Å². The predicted octanol–water partition coefficient (Wildman–Crippen LogP) is 3.68. The standard InChI is InChI=1S/C17H15N3O2S3/c1-11-2-4-12(5-3-11)10-13-15(22)20(17(23)25-13)8-6-14(21)19-16-18-7-9-24-16/h2-5,7,9-10H,6,8H2,1H3,(H,18,19,21)/b13-10-. The number of thioether (sulfide) groups is 1. The summed E-state index contributed by atoms with van der Waals surface area (Å²) < 4.78 is 0.477. The Balaban J connectivity index is 1.61. The molecule has 0 bridgehead atoms. The third-order valence-corrected chi connectivity index (χ3v) is 5.56. The largest absolute Gasteiger partial charge is 0.302 e. The Morgan fingerprint density at radius 3 is 2.80 bits per heavy atom. The second kappa shape index (κ2) is 7.90. The molecule has 8 heteroatoms. The van der Waals surface area contributed by atoms with E-state index >= 15 is 0 Å². The van der Waals surface area contributed by atoms with Crippen molar-refractivity contribution in [3.8, 4) is 0 Å². The molecule has 25 heavy (non-hydrogen) atoms. The van der Waals surface area contributed by atoms with E-state index in [1.165, 1.54) is 28.0 Å². The third-order valence-electron chi connectivity index (χ3n) is 3.49.